The average molecular weight is 587 g/mol. The van der Waals surface area contributed by atoms with Crippen molar-refractivity contribution in [3.05, 3.63) is 119 Å². The second-order valence-electron chi connectivity index (χ2n) is 9.20. The Labute approximate surface area is 243 Å². The van der Waals surface area contributed by atoms with E-state index in [2.05, 4.69) is 10.3 Å². The quantitative estimate of drug-likeness (QED) is 0.245. The van der Waals surface area contributed by atoms with Crippen molar-refractivity contribution in [1.29, 1.82) is 0 Å². The van der Waals surface area contributed by atoms with Crippen LogP contribution in [-0.2, 0) is 4.79 Å². The van der Waals surface area contributed by atoms with Gasteiger partial charge in [0.1, 0.15) is 5.75 Å². The van der Waals surface area contributed by atoms with Crippen LogP contribution in [0.4, 0.5) is 11.4 Å². The molecule has 0 aliphatic carbocycles. The Morgan fingerprint density at radius 2 is 1.76 bits per heavy atom. The number of rotatable bonds is 8. The van der Waals surface area contributed by atoms with Gasteiger partial charge >= 0.3 is 0 Å². The van der Waals surface area contributed by atoms with Crippen molar-refractivity contribution in [3.8, 4) is 17.2 Å². The van der Waals surface area contributed by atoms with Crippen molar-refractivity contribution in [2.45, 2.75) is 13.0 Å². The first-order valence-corrected chi connectivity index (χ1v) is 13.5. The molecule has 11 nitrogen and oxygen atoms in total. The van der Waals surface area contributed by atoms with E-state index in [1.807, 2.05) is 18.2 Å². The minimum Gasteiger partial charge on any atom is -0.497 e. The zero-order valence-electron chi connectivity index (χ0n) is 23.1. The van der Waals surface area contributed by atoms with Crippen molar-refractivity contribution in [1.82, 2.24) is 4.57 Å². The zero-order chi connectivity index (χ0) is 30.0. The highest BCUT2D eigenvalue weighted by Gasteiger charge is 2.32. The number of anilines is 1. The van der Waals surface area contributed by atoms with Crippen molar-refractivity contribution in [2.24, 2.45) is 4.99 Å². The number of benzene rings is 3. The van der Waals surface area contributed by atoms with Gasteiger partial charge in [-0.15, -0.1) is 0 Å². The van der Waals surface area contributed by atoms with Crippen molar-refractivity contribution in [3.63, 3.8) is 0 Å². The summed E-state index contributed by atoms with van der Waals surface area (Å²) in [5.74, 6) is 0.605. The molecule has 0 radical (unpaired) electrons. The number of nitrogens with one attached hydrogen (secondary N) is 1. The number of carbonyl (C=O) groups excluding carboxylic acids is 1. The van der Waals surface area contributed by atoms with E-state index < -0.39 is 22.4 Å². The lowest BCUT2D eigenvalue weighted by Gasteiger charge is -2.25. The Morgan fingerprint density at radius 1 is 1.05 bits per heavy atom. The number of hydrogen-bond donors (Lipinski definition) is 1. The summed E-state index contributed by atoms with van der Waals surface area (Å²) in [4.78, 5) is 43.8. The van der Waals surface area contributed by atoms with E-state index in [0.717, 1.165) is 11.3 Å². The number of hydrogen-bond acceptors (Lipinski definition) is 9. The maximum Gasteiger partial charge on any atom is 0.274 e. The van der Waals surface area contributed by atoms with Crippen LogP contribution in [0.1, 0.15) is 24.1 Å². The molecule has 42 heavy (non-hydrogen) atoms. The number of amides is 1. The number of nitrogens with zero attached hydrogens (tertiary/aromatic N) is 3. The Hall–Kier alpha value is -5.23. The molecule has 0 saturated heterocycles. The van der Waals surface area contributed by atoms with Gasteiger partial charge < -0.3 is 19.5 Å². The number of thiazole rings is 1. The Morgan fingerprint density at radius 3 is 2.38 bits per heavy atom. The van der Waals surface area contributed by atoms with Crippen LogP contribution in [-0.4, -0.2) is 36.7 Å². The van der Waals surface area contributed by atoms with E-state index >= 15 is 0 Å². The van der Waals surface area contributed by atoms with Crippen LogP contribution in [0.15, 0.2) is 87.8 Å². The molecule has 2 heterocycles. The lowest BCUT2D eigenvalue weighted by Crippen LogP contribution is -2.40. The first kappa shape index (κ1) is 28.3. The van der Waals surface area contributed by atoms with Gasteiger partial charge in [0.25, 0.3) is 17.2 Å². The molecule has 214 valence electrons. The molecule has 0 spiro atoms. The fourth-order valence-corrected chi connectivity index (χ4v) is 5.80. The largest absolute Gasteiger partial charge is 0.497 e. The topological polar surface area (TPSA) is 134 Å². The molecule has 1 atom stereocenters. The van der Waals surface area contributed by atoms with Crippen LogP contribution in [0.2, 0.25) is 0 Å². The standard InChI is InChI=1S/C30H26N4O7S/c1-17-25(28(35)32-20-8-6-5-7-9-20)26(18-10-12-22(39-2)13-11-18)33-29(36)24(42-30(33)31-17)15-19-14-21(34(37)38)16-23(40-3)27(19)41-4/h5-16,26H,1-4H3,(H,32,35)/b24-15-/t26-/m1/s1. The maximum atomic E-state index is 14.0. The van der Waals surface area contributed by atoms with Gasteiger partial charge in [0.15, 0.2) is 16.3 Å². The molecule has 1 aromatic heterocycles. The first-order chi connectivity index (χ1) is 20.2. The van der Waals surface area contributed by atoms with Gasteiger partial charge in [-0.2, -0.15) is 0 Å². The van der Waals surface area contributed by atoms with Crippen molar-refractivity contribution in [2.75, 3.05) is 26.6 Å². The predicted molar refractivity (Wildman–Crippen MR) is 158 cm³/mol. The smallest absolute Gasteiger partial charge is 0.274 e. The highest BCUT2D eigenvalue weighted by Crippen LogP contribution is 2.36. The summed E-state index contributed by atoms with van der Waals surface area (Å²) in [6, 6.07) is 17.9. The maximum absolute atomic E-state index is 14.0. The molecule has 3 aromatic carbocycles. The molecule has 1 amide bonds. The second-order valence-corrected chi connectivity index (χ2v) is 10.2. The molecule has 0 unspecified atom stereocenters. The van der Waals surface area contributed by atoms with Crippen LogP contribution >= 0.6 is 11.3 Å². The van der Waals surface area contributed by atoms with Crippen LogP contribution in [0.25, 0.3) is 6.08 Å². The van der Waals surface area contributed by atoms with E-state index in [0.29, 0.717) is 33.1 Å². The van der Waals surface area contributed by atoms with Gasteiger partial charge in [-0.05, 0) is 42.8 Å². The van der Waals surface area contributed by atoms with Gasteiger partial charge in [0.2, 0.25) is 0 Å². The van der Waals surface area contributed by atoms with Gasteiger partial charge in [0.05, 0.1) is 54.2 Å². The van der Waals surface area contributed by atoms with Gasteiger partial charge in [-0.25, -0.2) is 4.99 Å². The van der Waals surface area contributed by atoms with Crippen LogP contribution in [0, 0.1) is 10.1 Å². The SMILES string of the molecule is COc1ccc([C@@H]2C(C(=O)Nc3ccccc3)=C(C)N=c3s/c(=C\c4cc([N+](=O)[O-])cc(OC)c4OC)c(=O)n32)cc1. The fraction of sp³-hybridized carbons (Fsp3) is 0.167. The van der Waals surface area contributed by atoms with E-state index in [-0.39, 0.29) is 27.3 Å². The number of carbonyl (C=O) groups is 1. The van der Waals surface area contributed by atoms with E-state index in [4.69, 9.17) is 14.2 Å². The first-order valence-electron chi connectivity index (χ1n) is 12.7. The van der Waals surface area contributed by atoms with Crippen LogP contribution < -0.4 is 34.4 Å². The summed E-state index contributed by atoms with van der Waals surface area (Å²) in [5.41, 5.74) is 1.66. The number of allylic oxidation sites excluding steroid dienone is 1. The molecule has 12 heteroatoms. The minimum atomic E-state index is -0.806. The number of methoxy groups -OCH3 is 3. The van der Waals surface area contributed by atoms with E-state index in [9.17, 15) is 19.7 Å². The van der Waals surface area contributed by atoms with Gasteiger partial charge in [-0.1, -0.05) is 41.7 Å². The fourth-order valence-electron chi connectivity index (χ4n) is 4.77. The molecule has 1 N–H and O–H groups in total. The third-order valence-corrected chi connectivity index (χ3v) is 7.70. The molecule has 0 fully saturated rings. The molecular weight excluding hydrogens is 560 g/mol. The number of fused-ring (bicyclic) bond motifs is 1. The normalized spacial score (nSPS) is 14.6. The lowest BCUT2D eigenvalue weighted by atomic mass is 9.95. The molecule has 0 bridgehead atoms. The van der Waals surface area contributed by atoms with E-state index in [1.165, 1.54) is 37.0 Å². The number of aromatic nitrogens is 1. The second kappa shape index (κ2) is 11.7. The average Bonchev–Trinajstić information content (AvgIpc) is 3.30. The molecule has 4 aromatic rings. The Bertz CT molecular complexity index is 1890. The number of para-hydroxylation sites is 1. The summed E-state index contributed by atoms with van der Waals surface area (Å²) in [5, 5.41) is 14.5. The zero-order valence-corrected chi connectivity index (χ0v) is 23.9. The number of ether oxygens (including phenoxy) is 3. The molecule has 1 aliphatic heterocycles. The van der Waals surface area contributed by atoms with Crippen molar-refractivity contribution < 1.29 is 23.9 Å². The van der Waals surface area contributed by atoms with E-state index in [1.54, 1.807) is 50.4 Å². The molecular formula is C30H26N4O7S. The summed E-state index contributed by atoms with van der Waals surface area (Å²) in [6.45, 7) is 1.72. The summed E-state index contributed by atoms with van der Waals surface area (Å²) < 4.78 is 17.8. The number of non-ortho nitro benzene ring substituents is 1. The minimum absolute atomic E-state index is 0.151. The molecule has 0 saturated carbocycles. The van der Waals surface area contributed by atoms with Crippen LogP contribution in [0.3, 0.4) is 0 Å². The summed E-state index contributed by atoms with van der Waals surface area (Å²) in [6.07, 6.45) is 1.51. The Balaban J connectivity index is 1.71. The highest BCUT2D eigenvalue weighted by molar-refractivity contribution is 7.07. The summed E-state index contributed by atoms with van der Waals surface area (Å²) >= 11 is 1.10. The van der Waals surface area contributed by atoms with Gasteiger partial charge in [-0.3, -0.25) is 24.3 Å². The Kier molecular flexibility index (Phi) is 7.89. The third kappa shape index (κ3) is 5.27. The van der Waals surface area contributed by atoms with Gasteiger partial charge in [0, 0.05) is 17.3 Å². The monoisotopic (exact) mass is 586 g/mol. The van der Waals surface area contributed by atoms with Crippen LogP contribution in [0.5, 0.6) is 17.2 Å². The number of nitro groups is 1. The molecule has 5 rings (SSSR count). The summed E-state index contributed by atoms with van der Waals surface area (Å²) in [7, 11) is 4.34. The molecule has 1 aliphatic rings. The van der Waals surface area contributed by atoms with Crippen molar-refractivity contribution >= 4 is 34.7 Å². The highest BCUT2D eigenvalue weighted by atomic mass is 32.1. The third-order valence-electron chi connectivity index (χ3n) is 6.72. The lowest BCUT2D eigenvalue weighted by molar-refractivity contribution is -0.385. The number of nitro benzene ring substituents is 1. The predicted octanol–water partition coefficient (Wildman–Crippen LogP) is 3.81.